The van der Waals surface area contributed by atoms with Crippen LogP contribution in [-0.2, 0) is 16.6 Å². The Morgan fingerprint density at radius 3 is 2.46 bits per heavy atom. The van der Waals surface area contributed by atoms with Crippen LogP contribution in [0.2, 0.25) is 0 Å². The van der Waals surface area contributed by atoms with E-state index in [4.69, 9.17) is 20.6 Å². The molecule has 0 saturated carbocycles. The fraction of sp³-hybridized carbons (Fsp3) is 0.194. The van der Waals surface area contributed by atoms with Crippen LogP contribution in [0.1, 0.15) is 42.8 Å². The van der Waals surface area contributed by atoms with E-state index >= 15 is 0 Å². The number of H-pyrrole nitrogens is 2. The SMILES string of the molecule is CC(=O)O.CCC(N)C1(c2c(Cc3ccccc3)[nH]c(=O)n2-c2c[nH]c3ccccc23)C=Nc2ccccc21. The van der Waals surface area contributed by atoms with Crippen molar-refractivity contribution in [2.45, 2.75) is 38.1 Å². The summed E-state index contributed by atoms with van der Waals surface area (Å²) in [6.07, 6.45) is 5.15. The summed E-state index contributed by atoms with van der Waals surface area (Å²) in [5.74, 6) is -0.833. The number of hydrogen-bond donors (Lipinski definition) is 4. The smallest absolute Gasteiger partial charge is 0.330 e. The standard InChI is InChI=1S/C29H27N5O.C2H4O2/c1-2-26(30)29(18-32-23-15-9-7-13-21(23)29)27-24(16-19-10-4-3-5-11-19)33-28(35)34(27)25-17-31-22-14-8-6-12-20(22)25;1-2(3)4/h3-15,17-18,26,31H,2,16,30H2,1H3,(H,33,35);1H3,(H,3,4). The van der Waals surface area contributed by atoms with Gasteiger partial charge in [0.25, 0.3) is 5.97 Å². The van der Waals surface area contributed by atoms with Crippen molar-refractivity contribution in [2.75, 3.05) is 0 Å². The van der Waals surface area contributed by atoms with Crippen LogP contribution >= 0.6 is 0 Å². The molecule has 2 unspecified atom stereocenters. The monoisotopic (exact) mass is 521 g/mol. The van der Waals surface area contributed by atoms with Crippen molar-refractivity contribution in [3.8, 4) is 5.69 Å². The number of fused-ring (bicyclic) bond motifs is 2. The lowest BCUT2D eigenvalue weighted by Gasteiger charge is -2.35. The number of aromatic nitrogens is 3. The lowest BCUT2D eigenvalue weighted by Crippen LogP contribution is -2.48. The van der Waals surface area contributed by atoms with Crippen LogP contribution in [0.25, 0.3) is 16.6 Å². The number of benzene rings is 3. The molecular weight excluding hydrogens is 490 g/mol. The third kappa shape index (κ3) is 4.59. The van der Waals surface area contributed by atoms with Gasteiger partial charge in [-0.05, 0) is 29.7 Å². The topological polar surface area (TPSA) is 129 Å². The van der Waals surface area contributed by atoms with Crippen LogP contribution in [0.5, 0.6) is 0 Å². The molecule has 6 rings (SSSR count). The molecule has 3 aromatic carbocycles. The number of carboxylic acid groups (broad SMARTS) is 1. The van der Waals surface area contributed by atoms with Gasteiger partial charge in [0, 0.05) is 48.4 Å². The van der Waals surface area contributed by atoms with Crippen molar-refractivity contribution < 1.29 is 9.90 Å². The lowest BCUT2D eigenvalue weighted by atomic mass is 9.71. The summed E-state index contributed by atoms with van der Waals surface area (Å²) in [5, 5.41) is 8.39. The third-order valence-electron chi connectivity index (χ3n) is 7.18. The number of nitrogens with one attached hydrogen (secondary N) is 2. The normalized spacial score (nSPS) is 16.5. The van der Waals surface area contributed by atoms with E-state index in [1.807, 2.05) is 73.1 Å². The number of aromatic amines is 2. The van der Waals surface area contributed by atoms with Crippen LogP contribution in [0.15, 0.2) is 94.8 Å². The van der Waals surface area contributed by atoms with Crippen molar-refractivity contribution in [2.24, 2.45) is 10.7 Å². The van der Waals surface area contributed by atoms with Gasteiger partial charge in [0.2, 0.25) is 0 Å². The predicted molar refractivity (Wildman–Crippen MR) is 154 cm³/mol. The summed E-state index contributed by atoms with van der Waals surface area (Å²) in [6.45, 7) is 3.17. The molecule has 0 bridgehead atoms. The first-order valence-corrected chi connectivity index (χ1v) is 12.9. The van der Waals surface area contributed by atoms with E-state index in [-0.39, 0.29) is 11.7 Å². The first-order valence-electron chi connectivity index (χ1n) is 12.9. The molecule has 8 nitrogen and oxygen atoms in total. The number of aliphatic carboxylic acids is 1. The number of rotatable bonds is 6. The van der Waals surface area contributed by atoms with Gasteiger partial charge < -0.3 is 20.8 Å². The van der Waals surface area contributed by atoms with Gasteiger partial charge in [-0.25, -0.2) is 4.79 Å². The van der Waals surface area contributed by atoms with E-state index in [2.05, 4.69) is 35.1 Å². The summed E-state index contributed by atoms with van der Waals surface area (Å²) in [7, 11) is 0. The highest BCUT2D eigenvalue weighted by Gasteiger charge is 2.47. The van der Waals surface area contributed by atoms with Gasteiger partial charge in [-0.2, -0.15) is 0 Å². The lowest BCUT2D eigenvalue weighted by molar-refractivity contribution is -0.134. The Morgan fingerprint density at radius 1 is 1.05 bits per heavy atom. The fourth-order valence-electron chi connectivity index (χ4n) is 5.47. The van der Waals surface area contributed by atoms with Crippen LogP contribution in [-0.4, -0.2) is 37.9 Å². The maximum atomic E-state index is 13.7. The van der Waals surface area contributed by atoms with Gasteiger partial charge >= 0.3 is 5.69 Å². The molecule has 0 radical (unpaired) electrons. The minimum Gasteiger partial charge on any atom is -0.481 e. The van der Waals surface area contributed by atoms with Gasteiger partial charge in [0.1, 0.15) is 0 Å². The van der Waals surface area contributed by atoms with Gasteiger partial charge in [0.15, 0.2) is 0 Å². The van der Waals surface area contributed by atoms with Crippen molar-refractivity contribution in [1.29, 1.82) is 0 Å². The van der Waals surface area contributed by atoms with Crippen LogP contribution in [0.3, 0.4) is 0 Å². The second-order valence-electron chi connectivity index (χ2n) is 9.65. The predicted octanol–water partition coefficient (Wildman–Crippen LogP) is 5.07. The van der Waals surface area contributed by atoms with Crippen molar-refractivity contribution in [1.82, 2.24) is 14.5 Å². The Balaban J connectivity index is 0.000000723. The highest BCUT2D eigenvalue weighted by atomic mass is 16.4. The quantitative estimate of drug-likeness (QED) is 0.249. The van der Waals surface area contributed by atoms with E-state index in [0.717, 1.165) is 58.1 Å². The molecule has 5 aromatic rings. The minimum absolute atomic E-state index is 0.184. The Labute approximate surface area is 225 Å². The summed E-state index contributed by atoms with van der Waals surface area (Å²) >= 11 is 0. The maximum Gasteiger partial charge on any atom is 0.330 e. The Hall–Kier alpha value is -4.69. The number of carboxylic acids is 1. The summed E-state index contributed by atoms with van der Waals surface area (Å²) < 4.78 is 1.81. The number of nitrogens with two attached hydrogens (primary N) is 1. The molecule has 0 amide bonds. The van der Waals surface area contributed by atoms with E-state index in [1.165, 1.54) is 0 Å². The Kier molecular flexibility index (Phi) is 7.04. The molecule has 1 aliphatic rings. The molecule has 3 heterocycles. The molecule has 0 fully saturated rings. The van der Waals surface area contributed by atoms with Crippen LogP contribution in [0.4, 0.5) is 5.69 Å². The Bertz CT molecular complexity index is 1710. The molecule has 0 spiro atoms. The molecule has 0 aliphatic carbocycles. The largest absolute Gasteiger partial charge is 0.481 e. The number of nitrogens with zero attached hydrogens (tertiary/aromatic N) is 2. The average molecular weight is 522 g/mol. The molecule has 198 valence electrons. The van der Waals surface area contributed by atoms with Crippen molar-refractivity contribution in [3.05, 3.63) is 118 Å². The number of para-hydroxylation sites is 2. The molecule has 39 heavy (non-hydrogen) atoms. The van der Waals surface area contributed by atoms with E-state index in [1.54, 1.807) is 4.57 Å². The summed E-state index contributed by atoms with van der Waals surface area (Å²) in [6, 6.07) is 26.0. The van der Waals surface area contributed by atoms with Gasteiger partial charge in [-0.1, -0.05) is 73.7 Å². The average Bonchev–Trinajstić information content (AvgIpc) is 3.62. The number of carbonyl (C=O) groups is 1. The van der Waals surface area contributed by atoms with Crippen molar-refractivity contribution >= 4 is 28.8 Å². The van der Waals surface area contributed by atoms with Gasteiger partial charge in [-0.15, -0.1) is 0 Å². The van der Waals surface area contributed by atoms with Crippen LogP contribution < -0.4 is 11.4 Å². The first-order chi connectivity index (χ1) is 18.9. The van der Waals surface area contributed by atoms with Gasteiger partial charge in [0.05, 0.1) is 22.5 Å². The molecule has 2 aromatic heterocycles. The zero-order chi connectivity index (χ0) is 27.6. The van der Waals surface area contributed by atoms with E-state index in [9.17, 15) is 4.79 Å². The highest BCUT2D eigenvalue weighted by Crippen LogP contribution is 2.46. The minimum atomic E-state index is -0.833. The highest BCUT2D eigenvalue weighted by molar-refractivity contribution is 5.92. The second kappa shape index (κ2) is 10.6. The second-order valence-corrected chi connectivity index (χ2v) is 9.65. The molecule has 0 saturated heterocycles. The summed E-state index contributed by atoms with van der Waals surface area (Å²) in [4.78, 5) is 34.1. The molecule has 5 N–H and O–H groups in total. The number of hydrogen-bond acceptors (Lipinski definition) is 4. The zero-order valence-corrected chi connectivity index (χ0v) is 21.9. The Morgan fingerprint density at radius 2 is 1.72 bits per heavy atom. The summed E-state index contributed by atoms with van der Waals surface area (Å²) in [5.41, 5.74) is 12.5. The van der Waals surface area contributed by atoms with Crippen molar-refractivity contribution in [3.63, 3.8) is 0 Å². The van der Waals surface area contributed by atoms with Gasteiger partial charge in [-0.3, -0.25) is 14.4 Å². The first kappa shape index (κ1) is 25.9. The van der Waals surface area contributed by atoms with E-state index in [0.29, 0.717) is 6.42 Å². The number of imidazole rings is 1. The zero-order valence-electron chi connectivity index (χ0n) is 21.9. The third-order valence-corrected chi connectivity index (χ3v) is 7.18. The molecule has 1 aliphatic heterocycles. The molecule has 2 atom stereocenters. The molecular formula is C31H31N5O3. The fourth-order valence-corrected chi connectivity index (χ4v) is 5.47. The maximum absolute atomic E-state index is 13.7. The molecule has 8 heteroatoms. The van der Waals surface area contributed by atoms with E-state index < -0.39 is 11.4 Å². The van der Waals surface area contributed by atoms with Crippen LogP contribution in [0, 0.1) is 0 Å². The number of aliphatic imine (C=N–C) groups is 1.